The fourth-order valence-corrected chi connectivity index (χ4v) is 2.33. The molecule has 17 heavy (non-hydrogen) atoms. The van der Waals surface area contributed by atoms with Gasteiger partial charge in [0.15, 0.2) is 5.65 Å². The predicted molar refractivity (Wildman–Crippen MR) is 69.2 cm³/mol. The van der Waals surface area contributed by atoms with E-state index in [1.165, 1.54) is 0 Å². The van der Waals surface area contributed by atoms with E-state index in [4.69, 9.17) is 0 Å². The summed E-state index contributed by atoms with van der Waals surface area (Å²) in [6.45, 7) is 2.81. The third-order valence-corrected chi connectivity index (χ3v) is 3.12. The number of hydrogen-bond donors (Lipinski definition) is 2. The smallest absolute Gasteiger partial charge is 0.225 e. The lowest BCUT2D eigenvalue weighted by atomic mass is 10.2. The van der Waals surface area contributed by atoms with Crippen LogP contribution in [0, 0.1) is 0 Å². The number of anilines is 1. The number of nitrogens with one attached hydrogen (secondary N) is 2. The SMILES string of the molecule is CCNc1nc(-c2ccsc2)c2cn[nH]c2n1. The Balaban J connectivity index is 2.23. The lowest BCUT2D eigenvalue weighted by molar-refractivity contribution is 1.07. The van der Waals surface area contributed by atoms with Crippen molar-refractivity contribution in [3.05, 3.63) is 23.0 Å². The number of H-pyrrole nitrogens is 1. The predicted octanol–water partition coefficient (Wildman–Crippen LogP) is 2.51. The first kappa shape index (κ1) is 10.2. The molecule has 86 valence electrons. The first-order valence-corrected chi connectivity index (χ1v) is 6.30. The summed E-state index contributed by atoms with van der Waals surface area (Å²) in [5.41, 5.74) is 2.78. The average molecular weight is 245 g/mol. The van der Waals surface area contributed by atoms with Crippen molar-refractivity contribution in [2.75, 3.05) is 11.9 Å². The highest BCUT2D eigenvalue weighted by Crippen LogP contribution is 2.27. The molecule has 0 saturated carbocycles. The van der Waals surface area contributed by atoms with Crippen molar-refractivity contribution in [3.63, 3.8) is 0 Å². The first-order valence-electron chi connectivity index (χ1n) is 5.36. The zero-order valence-electron chi connectivity index (χ0n) is 9.27. The van der Waals surface area contributed by atoms with Gasteiger partial charge in [0.05, 0.1) is 17.3 Å². The Labute approximate surface area is 102 Å². The lowest BCUT2D eigenvalue weighted by Gasteiger charge is -2.04. The van der Waals surface area contributed by atoms with Crippen molar-refractivity contribution in [3.8, 4) is 11.3 Å². The minimum atomic E-state index is 0.630. The number of aromatic amines is 1. The van der Waals surface area contributed by atoms with Gasteiger partial charge in [-0.25, -0.2) is 4.98 Å². The van der Waals surface area contributed by atoms with Crippen LogP contribution in [0.15, 0.2) is 23.0 Å². The third kappa shape index (κ3) is 1.76. The van der Waals surface area contributed by atoms with E-state index in [1.54, 1.807) is 17.5 Å². The molecule has 0 aromatic carbocycles. The van der Waals surface area contributed by atoms with Crippen molar-refractivity contribution in [2.45, 2.75) is 6.92 Å². The molecule has 3 aromatic rings. The van der Waals surface area contributed by atoms with Gasteiger partial charge in [0.1, 0.15) is 0 Å². The van der Waals surface area contributed by atoms with E-state index in [1.807, 2.05) is 12.3 Å². The molecule has 3 aromatic heterocycles. The Bertz CT molecular complexity index is 628. The highest BCUT2D eigenvalue weighted by atomic mass is 32.1. The van der Waals surface area contributed by atoms with E-state index in [2.05, 4.69) is 36.9 Å². The van der Waals surface area contributed by atoms with Crippen molar-refractivity contribution in [2.24, 2.45) is 0 Å². The quantitative estimate of drug-likeness (QED) is 0.744. The third-order valence-electron chi connectivity index (χ3n) is 2.44. The number of fused-ring (bicyclic) bond motifs is 1. The van der Waals surface area contributed by atoms with Crippen LogP contribution in [0.3, 0.4) is 0 Å². The van der Waals surface area contributed by atoms with Crippen LogP contribution in [0.5, 0.6) is 0 Å². The zero-order valence-corrected chi connectivity index (χ0v) is 10.1. The van der Waals surface area contributed by atoms with Gasteiger partial charge < -0.3 is 5.32 Å². The van der Waals surface area contributed by atoms with E-state index >= 15 is 0 Å². The number of rotatable bonds is 3. The topological polar surface area (TPSA) is 66.5 Å². The summed E-state index contributed by atoms with van der Waals surface area (Å²) in [6, 6.07) is 2.05. The number of hydrogen-bond acceptors (Lipinski definition) is 5. The fraction of sp³-hybridized carbons (Fsp3) is 0.182. The van der Waals surface area contributed by atoms with Gasteiger partial charge in [0.2, 0.25) is 5.95 Å². The second-order valence-corrected chi connectivity index (χ2v) is 4.35. The molecule has 0 radical (unpaired) electrons. The Morgan fingerprint density at radius 2 is 2.35 bits per heavy atom. The maximum absolute atomic E-state index is 4.53. The molecule has 0 saturated heterocycles. The normalized spacial score (nSPS) is 10.9. The van der Waals surface area contributed by atoms with Gasteiger partial charge in [-0.05, 0) is 18.4 Å². The fourth-order valence-electron chi connectivity index (χ4n) is 1.69. The van der Waals surface area contributed by atoms with Crippen LogP contribution < -0.4 is 5.32 Å². The summed E-state index contributed by atoms with van der Waals surface area (Å²) >= 11 is 1.65. The zero-order chi connectivity index (χ0) is 11.7. The Kier molecular flexibility index (Phi) is 2.49. The van der Waals surface area contributed by atoms with Crippen LogP contribution in [0.25, 0.3) is 22.3 Å². The van der Waals surface area contributed by atoms with Crippen LogP contribution in [-0.4, -0.2) is 26.7 Å². The molecule has 0 bridgehead atoms. The largest absolute Gasteiger partial charge is 0.354 e. The first-order chi connectivity index (χ1) is 8.38. The molecular weight excluding hydrogens is 234 g/mol. The molecule has 0 atom stereocenters. The summed E-state index contributed by atoms with van der Waals surface area (Å²) in [4.78, 5) is 8.89. The van der Waals surface area contributed by atoms with Crippen molar-refractivity contribution >= 4 is 28.3 Å². The summed E-state index contributed by atoms with van der Waals surface area (Å²) in [5, 5.41) is 15.1. The molecule has 5 nitrogen and oxygen atoms in total. The number of nitrogens with zero attached hydrogens (tertiary/aromatic N) is 3. The van der Waals surface area contributed by atoms with E-state index in [-0.39, 0.29) is 0 Å². The van der Waals surface area contributed by atoms with Crippen molar-refractivity contribution in [1.82, 2.24) is 20.2 Å². The highest BCUT2D eigenvalue weighted by molar-refractivity contribution is 7.08. The van der Waals surface area contributed by atoms with E-state index in [0.717, 1.165) is 28.8 Å². The summed E-state index contributed by atoms with van der Waals surface area (Å²) in [5.74, 6) is 0.630. The van der Waals surface area contributed by atoms with E-state index in [0.29, 0.717) is 5.95 Å². The summed E-state index contributed by atoms with van der Waals surface area (Å²) in [7, 11) is 0. The molecule has 0 amide bonds. The maximum Gasteiger partial charge on any atom is 0.225 e. The van der Waals surface area contributed by atoms with E-state index in [9.17, 15) is 0 Å². The van der Waals surface area contributed by atoms with Crippen molar-refractivity contribution < 1.29 is 0 Å². The molecule has 0 spiro atoms. The number of thiophene rings is 1. The maximum atomic E-state index is 4.53. The van der Waals surface area contributed by atoms with Gasteiger partial charge in [-0.2, -0.15) is 21.4 Å². The lowest BCUT2D eigenvalue weighted by Crippen LogP contribution is -2.03. The van der Waals surface area contributed by atoms with Gasteiger partial charge in [-0.15, -0.1) is 0 Å². The Hall–Kier alpha value is -1.95. The van der Waals surface area contributed by atoms with Crippen LogP contribution in [0.2, 0.25) is 0 Å². The second-order valence-electron chi connectivity index (χ2n) is 3.57. The second kappa shape index (κ2) is 4.14. The molecule has 6 heteroatoms. The van der Waals surface area contributed by atoms with Crippen LogP contribution in [0.4, 0.5) is 5.95 Å². The Morgan fingerprint density at radius 3 is 3.12 bits per heavy atom. The van der Waals surface area contributed by atoms with E-state index < -0.39 is 0 Å². The molecule has 3 rings (SSSR count). The van der Waals surface area contributed by atoms with Gasteiger partial charge in [0.25, 0.3) is 0 Å². The monoisotopic (exact) mass is 245 g/mol. The van der Waals surface area contributed by atoms with Gasteiger partial charge >= 0.3 is 0 Å². The summed E-state index contributed by atoms with van der Waals surface area (Å²) < 4.78 is 0. The van der Waals surface area contributed by atoms with Crippen LogP contribution in [0.1, 0.15) is 6.92 Å². The average Bonchev–Trinajstić information content (AvgIpc) is 2.99. The van der Waals surface area contributed by atoms with Gasteiger partial charge in [0, 0.05) is 17.5 Å². The highest BCUT2D eigenvalue weighted by Gasteiger charge is 2.11. The van der Waals surface area contributed by atoms with Crippen LogP contribution >= 0.6 is 11.3 Å². The van der Waals surface area contributed by atoms with Crippen molar-refractivity contribution in [1.29, 1.82) is 0 Å². The molecule has 2 N–H and O–H groups in total. The molecule has 0 aliphatic rings. The summed E-state index contributed by atoms with van der Waals surface area (Å²) in [6.07, 6.45) is 1.76. The minimum Gasteiger partial charge on any atom is -0.354 e. The van der Waals surface area contributed by atoms with Gasteiger partial charge in [-0.3, -0.25) is 5.10 Å². The molecule has 0 unspecified atom stereocenters. The van der Waals surface area contributed by atoms with Crippen LogP contribution in [-0.2, 0) is 0 Å². The molecule has 0 fully saturated rings. The number of aromatic nitrogens is 4. The molecule has 0 aliphatic carbocycles. The Morgan fingerprint density at radius 1 is 1.41 bits per heavy atom. The molecular formula is C11H11N5S. The molecule has 0 aliphatic heterocycles. The van der Waals surface area contributed by atoms with Gasteiger partial charge in [-0.1, -0.05) is 0 Å². The minimum absolute atomic E-state index is 0.630. The standard InChI is InChI=1S/C11H11N5S/c1-2-12-11-14-9(7-3-4-17-6-7)8-5-13-16-10(8)15-11/h3-6H,2H2,1H3,(H2,12,13,14,15,16). The molecule has 3 heterocycles.